The van der Waals surface area contributed by atoms with Gasteiger partial charge in [-0.25, -0.2) is 4.79 Å². The third-order valence-corrected chi connectivity index (χ3v) is 3.22. The summed E-state index contributed by atoms with van der Waals surface area (Å²) < 4.78 is 0. The minimum Gasteiger partial charge on any atom is -0.480 e. The van der Waals surface area contributed by atoms with Gasteiger partial charge in [0.05, 0.1) is 12.4 Å². The number of carboxylic acids is 1. The number of amides is 1. The summed E-state index contributed by atoms with van der Waals surface area (Å²) in [6, 6.07) is 6.43. The fraction of sp³-hybridized carbons (Fsp3) is 0.333. The van der Waals surface area contributed by atoms with Crippen LogP contribution in [-0.4, -0.2) is 40.5 Å². The Balaban J connectivity index is 2.41. The fourth-order valence-electron chi connectivity index (χ4n) is 1.20. The van der Waals surface area contributed by atoms with Gasteiger partial charge in [-0.3, -0.25) is 4.79 Å². The molecule has 0 heterocycles. The Hall–Kier alpha value is -1.53. The SMILES string of the molecule is Cc1ccc(SCC(=O)N[C@@H](CO)C(=O)O)cc1. The van der Waals surface area contributed by atoms with Crippen molar-refractivity contribution in [1.82, 2.24) is 5.32 Å². The van der Waals surface area contributed by atoms with Crippen LogP contribution >= 0.6 is 11.8 Å². The van der Waals surface area contributed by atoms with E-state index in [0.29, 0.717) is 0 Å². The number of carbonyl (C=O) groups excluding carboxylic acids is 1. The lowest BCUT2D eigenvalue weighted by molar-refractivity contribution is -0.142. The molecule has 0 radical (unpaired) electrons. The molecule has 0 saturated heterocycles. The van der Waals surface area contributed by atoms with Gasteiger partial charge in [-0.15, -0.1) is 11.8 Å². The lowest BCUT2D eigenvalue weighted by Crippen LogP contribution is -2.44. The summed E-state index contributed by atoms with van der Waals surface area (Å²) in [6.45, 7) is 1.36. The zero-order chi connectivity index (χ0) is 13.5. The summed E-state index contributed by atoms with van der Waals surface area (Å²) in [5.41, 5.74) is 1.13. The van der Waals surface area contributed by atoms with Crippen molar-refractivity contribution in [3.8, 4) is 0 Å². The molecule has 0 aromatic heterocycles. The van der Waals surface area contributed by atoms with E-state index in [2.05, 4.69) is 5.32 Å². The lowest BCUT2D eigenvalue weighted by Gasteiger charge is -2.11. The number of carbonyl (C=O) groups is 2. The number of aliphatic carboxylic acids is 1. The quantitative estimate of drug-likeness (QED) is 0.660. The van der Waals surface area contributed by atoms with E-state index in [-0.39, 0.29) is 5.75 Å². The first-order valence-corrected chi connectivity index (χ1v) is 6.34. The lowest BCUT2D eigenvalue weighted by atomic mass is 10.2. The van der Waals surface area contributed by atoms with Gasteiger partial charge in [-0.1, -0.05) is 17.7 Å². The normalized spacial score (nSPS) is 11.9. The highest BCUT2D eigenvalue weighted by atomic mass is 32.2. The number of aliphatic hydroxyl groups excluding tert-OH is 1. The van der Waals surface area contributed by atoms with Gasteiger partial charge in [0.25, 0.3) is 0 Å². The molecule has 0 fully saturated rings. The van der Waals surface area contributed by atoms with Crippen molar-refractivity contribution in [2.45, 2.75) is 17.9 Å². The van der Waals surface area contributed by atoms with E-state index in [1.165, 1.54) is 11.8 Å². The average Bonchev–Trinajstić information content (AvgIpc) is 2.35. The van der Waals surface area contributed by atoms with Crippen molar-refractivity contribution >= 4 is 23.6 Å². The number of aliphatic hydroxyl groups is 1. The van der Waals surface area contributed by atoms with Gasteiger partial charge in [0.2, 0.25) is 5.91 Å². The molecule has 0 aliphatic carbocycles. The second-order valence-electron chi connectivity index (χ2n) is 3.74. The summed E-state index contributed by atoms with van der Waals surface area (Å²) in [6.07, 6.45) is 0. The van der Waals surface area contributed by atoms with Gasteiger partial charge in [0.1, 0.15) is 6.04 Å². The van der Waals surface area contributed by atoms with E-state index in [1.807, 2.05) is 31.2 Å². The van der Waals surface area contributed by atoms with Gasteiger partial charge in [0.15, 0.2) is 0 Å². The monoisotopic (exact) mass is 269 g/mol. The molecule has 5 nitrogen and oxygen atoms in total. The van der Waals surface area contributed by atoms with Crippen LogP contribution in [0, 0.1) is 6.92 Å². The van der Waals surface area contributed by atoms with Crippen LogP contribution in [0.15, 0.2) is 29.2 Å². The summed E-state index contributed by atoms with van der Waals surface area (Å²) in [5, 5.41) is 19.7. The van der Waals surface area contributed by atoms with Crippen LogP contribution in [0.3, 0.4) is 0 Å². The van der Waals surface area contributed by atoms with Gasteiger partial charge in [0, 0.05) is 4.90 Å². The first kappa shape index (κ1) is 14.5. The summed E-state index contributed by atoms with van der Waals surface area (Å²) in [7, 11) is 0. The number of thioether (sulfide) groups is 1. The Bertz CT molecular complexity index is 419. The van der Waals surface area contributed by atoms with Crippen molar-refractivity contribution in [3.05, 3.63) is 29.8 Å². The molecular weight excluding hydrogens is 254 g/mol. The smallest absolute Gasteiger partial charge is 0.328 e. The third-order valence-electron chi connectivity index (χ3n) is 2.21. The van der Waals surface area contributed by atoms with Crippen molar-refractivity contribution in [3.63, 3.8) is 0 Å². The molecule has 1 aromatic rings. The maximum atomic E-state index is 11.5. The van der Waals surface area contributed by atoms with E-state index in [0.717, 1.165) is 10.5 Å². The molecular formula is C12H15NO4S. The highest BCUT2D eigenvalue weighted by Crippen LogP contribution is 2.17. The van der Waals surface area contributed by atoms with Crippen LogP contribution in [0.25, 0.3) is 0 Å². The number of aryl methyl sites for hydroxylation is 1. The molecule has 0 unspecified atom stereocenters. The average molecular weight is 269 g/mol. The molecule has 0 aliphatic rings. The highest BCUT2D eigenvalue weighted by Gasteiger charge is 2.18. The molecule has 6 heteroatoms. The maximum Gasteiger partial charge on any atom is 0.328 e. The predicted octanol–water partition coefficient (Wildman–Crippen LogP) is 0.649. The van der Waals surface area contributed by atoms with Crippen LogP contribution in [0.4, 0.5) is 0 Å². The molecule has 18 heavy (non-hydrogen) atoms. The standard InChI is InChI=1S/C12H15NO4S/c1-8-2-4-9(5-3-8)18-7-11(15)13-10(6-14)12(16)17/h2-5,10,14H,6-7H2,1H3,(H,13,15)(H,16,17)/t10-/m0/s1. The molecule has 0 aliphatic heterocycles. The Kier molecular flexibility index (Phi) is 5.67. The van der Waals surface area contributed by atoms with Gasteiger partial charge in [-0.2, -0.15) is 0 Å². The molecule has 0 saturated carbocycles. The fourth-order valence-corrected chi connectivity index (χ4v) is 1.91. The largest absolute Gasteiger partial charge is 0.480 e. The second kappa shape index (κ2) is 7.03. The van der Waals surface area contributed by atoms with Crippen molar-refractivity contribution in [2.75, 3.05) is 12.4 Å². The van der Waals surface area contributed by atoms with Gasteiger partial charge >= 0.3 is 5.97 Å². The summed E-state index contributed by atoms with van der Waals surface area (Å²) in [5.74, 6) is -1.54. The first-order valence-electron chi connectivity index (χ1n) is 5.35. The van der Waals surface area contributed by atoms with Crippen molar-refractivity contribution in [1.29, 1.82) is 0 Å². The number of hydrogen-bond donors (Lipinski definition) is 3. The van der Waals surface area contributed by atoms with Gasteiger partial charge < -0.3 is 15.5 Å². The molecule has 1 atom stereocenters. The second-order valence-corrected chi connectivity index (χ2v) is 4.79. The minimum atomic E-state index is -1.24. The molecule has 0 bridgehead atoms. The van der Waals surface area contributed by atoms with E-state index in [9.17, 15) is 9.59 Å². The van der Waals surface area contributed by atoms with E-state index in [1.54, 1.807) is 0 Å². The third kappa shape index (κ3) is 4.77. The molecule has 1 aromatic carbocycles. The topological polar surface area (TPSA) is 86.6 Å². The minimum absolute atomic E-state index is 0.118. The molecule has 98 valence electrons. The van der Waals surface area contributed by atoms with Crippen LogP contribution in [0.5, 0.6) is 0 Å². The highest BCUT2D eigenvalue weighted by molar-refractivity contribution is 8.00. The Morgan fingerprint density at radius 3 is 2.44 bits per heavy atom. The molecule has 0 spiro atoms. The Morgan fingerprint density at radius 1 is 1.33 bits per heavy atom. The van der Waals surface area contributed by atoms with E-state index >= 15 is 0 Å². The van der Waals surface area contributed by atoms with Gasteiger partial charge in [-0.05, 0) is 19.1 Å². The summed E-state index contributed by atoms with van der Waals surface area (Å²) in [4.78, 5) is 23.0. The van der Waals surface area contributed by atoms with Crippen molar-refractivity contribution < 1.29 is 19.8 Å². The summed E-state index contributed by atoms with van der Waals surface area (Å²) >= 11 is 1.31. The van der Waals surface area contributed by atoms with E-state index in [4.69, 9.17) is 10.2 Å². The number of benzene rings is 1. The Morgan fingerprint density at radius 2 is 1.94 bits per heavy atom. The maximum absolute atomic E-state index is 11.5. The number of hydrogen-bond acceptors (Lipinski definition) is 4. The van der Waals surface area contributed by atoms with E-state index < -0.39 is 24.5 Å². The first-order chi connectivity index (χ1) is 8.52. The molecule has 3 N–H and O–H groups in total. The number of carboxylic acid groups (broad SMARTS) is 1. The molecule has 1 rings (SSSR count). The number of nitrogens with one attached hydrogen (secondary N) is 1. The zero-order valence-corrected chi connectivity index (χ0v) is 10.7. The van der Waals surface area contributed by atoms with Crippen LogP contribution < -0.4 is 5.32 Å². The van der Waals surface area contributed by atoms with Crippen LogP contribution in [0.2, 0.25) is 0 Å². The number of rotatable bonds is 6. The van der Waals surface area contributed by atoms with Crippen LogP contribution in [-0.2, 0) is 9.59 Å². The zero-order valence-electron chi connectivity index (χ0n) is 9.92. The predicted molar refractivity (Wildman–Crippen MR) is 68.6 cm³/mol. The van der Waals surface area contributed by atoms with Crippen LogP contribution in [0.1, 0.15) is 5.56 Å². The molecule has 1 amide bonds. The Labute approximate surface area is 109 Å². The van der Waals surface area contributed by atoms with Crippen molar-refractivity contribution in [2.24, 2.45) is 0 Å².